The molecule has 20 heavy (non-hydrogen) atoms. The summed E-state index contributed by atoms with van der Waals surface area (Å²) in [5, 5.41) is 1.37. The van der Waals surface area contributed by atoms with Crippen LogP contribution in [0.2, 0.25) is 5.02 Å². The SMILES string of the molecule is NC(Cc1c(F)cccc1Cl)c1cc2ccccc2o1. The quantitative estimate of drug-likeness (QED) is 0.773. The normalized spacial score (nSPS) is 12.8. The summed E-state index contributed by atoms with van der Waals surface area (Å²) in [5.41, 5.74) is 7.30. The van der Waals surface area contributed by atoms with E-state index in [2.05, 4.69) is 0 Å². The van der Waals surface area contributed by atoms with Crippen LogP contribution in [0, 0.1) is 5.82 Å². The van der Waals surface area contributed by atoms with Gasteiger partial charge in [0.1, 0.15) is 17.2 Å². The summed E-state index contributed by atoms with van der Waals surface area (Å²) < 4.78 is 19.5. The van der Waals surface area contributed by atoms with Crippen molar-refractivity contribution >= 4 is 22.6 Å². The third-order valence-corrected chi connectivity index (χ3v) is 3.65. The molecular weight excluding hydrogens is 277 g/mol. The van der Waals surface area contributed by atoms with Crippen molar-refractivity contribution in [1.82, 2.24) is 0 Å². The summed E-state index contributed by atoms with van der Waals surface area (Å²) in [6.45, 7) is 0. The Hall–Kier alpha value is -1.84. The molecule has 2 N–H and O–H groups in total. The monoisotopic (exact) mass is 289 g/mol. The standard InChI is InChI=1S/C16H13ClFNO/c17-12-5-3-6-13(18)11(12)9-14(19)16-8-10-4-1-2-7-15(10)20-16/h1-8,14H,9,19H2. The summed E-state index contributed by atoms with van der Waals surface area (Å²) in [5.74, 6) is 0.287. The van der Waals surface area contributed by atoms with E-state index in [0.29, 0.717) is 22.8 Å². The van der Waals surface area contributed by atoms with E-state index in [4.69, 9.17) is 21.8 Å². The summed E-state index contributed by atoms with van der Waals surface area (Å²) in [6.07, 6.45) is 0.297. The highest BCUT2D eigenvalue weighted by Crippen LogP contribution is 2.28. The van der Waals surface area contributed by atoms with Crippen LogP contribution in [0.15, 0.2) is 52.9 Å². The van der Waals surface area contributed by atoms with Gasteiger partial charge < -0.3 is 10.2 Å². The number of hydrogen-bond donors (Lipinski definition) is 1. The van der Waals surface area contributed by atoms with Crippen molar-refractivity contribution in [2.24, 2.45) is 5.73 Å². The van der Waals surface area contributed by atoms with Crippen LogP contribution >= 0.6 is 11.6 Å². The predicted octanol–water partition coefficient (Wildman–Crippen LogP) is 4.47. The molecule has 0 bridgehead atoms. The fraction of sp³-hybridized carbons (Fsp3) is 0.125. The number of halogens is 2. The molecule has 0 aliphatic heterocycles. The Morgan fingerprint density at radius 3 is 2.70 bits per heavy atom. The first-order valence-electron chi connectivity index (χ1n) is 6.32. The second kappa shape index (κ2) is 5.27. The molecule has 2 nitrogen and oxygen atoms in total. The van der Waals surface area contributed by atoms with Crippen LogP contribution < -0.4 is 5.73 Å². The second-order valence-corrected chi connectivity index (χ2v) is 5.10. The molecule has 0 aliphatic rings. The lowest BCUT2D eigenvalue weighted by Gasteiger charge is -2.11. The third-order valence-electron chi connectivity index (χ3n) is 3.30. The van der Waals surface area contributed by atoms with E-state index in [9.17, 15) is 4.39 Å². The molecule has 3 rings (SSSR count). The van der Waals surface area contributed by atoms with Crippen molar-refractivity contribution in [3.8, 4) is 0 Å². The van der Waals surface area contributed by atoms with Gasteiger partial charge in [-0.3, -0.25) is 0 Å². The molecule has 0 spiro atoms. The zero-order chi connectivity index (χ0) is 14.1. The molecule has 0 saturated carbocycles. The topological polar surface area (TPSA) is 39.2 Å². The van der Waals surface area contributed by atoms with Gasteiger partial charge in [-0.15, -0.1) is 0 Å². The number of furan rings is 1. The maximum absolute atomic E-state index is 13.8. The fourth-order valence-corrected chi connectivity index (χ4v) is 2.47. The zero-order valence-electron chi connectivity index (χ0n) is 10.6. The summed E-state index contributed by atoms with van der Waals surface area (Å²) in [4.78, 5) is 0. The highest BCUT2D eigenvalue weighted by atomic mass is 35.5. The maximum atomic E-state index is 13.8. The van der Waals surface area contributed by atoms with Gasteiger partial charge in [-0.1, -0.05) is 35.9 Å². The predicted molar refractivity (Wildman–Crippen MR) is 78.3 cm³/mol. The Bertz CT molecular complexity index is 700. The van der Waals surface area contributed by atoms with E-state index in [1.165, 1.54) is 6.07 Å². The number of hydrogen-bond acceptors (Lipinski definition) is 2. The Kier molecular flexibility index (Phi) is 3.47. The van der Waals surface area contributed by atoms with Crippen LogP contribution in [0.4, 0.5) is 4.39 Å². The molecule has 3 aromatic rings. The number of para-hydroxylation sites is 1. The zero-order valence-corrected chi connectivity index (χ0v) is 11.4. The Labute approximate surface area is 121 Å². The van der Waals surface area contributed by atoms with Gasteiger partial charge in [0.2, 0.25) is 0 Å². The highest BCUT2D eigenvalue weighted by Gasteiger charge is 2.16. The van der Waals surface area contributed by atoms with Crippen molar-refractivity contribution in [3.63, 3.8) is 0 Å². The molecule has 102 valence electrons. The van der Waals surface area contributed by atoms with E-state index >= 15 is 0 Å². The molecule has 0 fully saturated rings. The van der Waals surface area contributed by atoms with Crippen LogP contribution in [-0.2, 0) is 6.42 Å². The van der Waals surface area contributed by atoms with E-state index in [-0.39, 0.29) is 5.82 Å². The van der Waals surface area contributed by atoms with E-state index in [1.54, 1.807) is 12.1 Å². The van der Waals surface area contributed by atoms with Crippen molar-refractivity contribution in [3.05, 3.63) is 70.7 Å². The van der Waals surface area contributed by atoms with Crippen LogP contribution in [0.5, 0.6) is 0 Å². The van der Waals surface area contributed by atoms with Crippen molar-refractivity contribution in [2.45, 2.75) is 12.5 Å². The average Bonchev–Trinajstić information content (AvgIpc) is 2.87. The van der Waals surface area contributed by atoms with Crippen molar-refractivity contribution < 1.29 is 8.81 Å². The Morgan fingerprint density at radius 2 is 1.95 bits per heavy atom. The molecule has 0 aliphatic carbocycles. The first-order chi connectivity index (χ1) is 9.65. The number of rotatable bonds is 3. The molecular formula is C16H13ClFNO. The van der Waals surface area contributed by atoms with Gasteiger partial charge in [0.05, 0.1) is 6.04 Å². The van der Waals surface area contributed by atoms with E-state index in [1.807, 2.05) is 30.3 Å². The average molecular weight is 290 g/mol. The first kappa shape index (κ1) is 13.2. The molecule has 0 amide bonds. The van der Waals surface area contributed by atoms with Crippen molar-refractivity contribution in [2.75, 3.05) is 0 Å². The summed E-state index contributed by atoms with van der Waals surface area (Å²) >= 11 is 6.01. The minimum absolute atomic E-state index is 0.297. The molecule has 1 unspecified atom stereocenters. The Balaban J connectivity index is 1.91. The Morgan fingerprint density at radius 1 is 1.15 bits per heavy atom. The molecule has 0 saturated heterocycles. The van der Waals surface area contributed by atoms with Gasteiger partial charge in [-0.2, -0.15) is 0 Å². The van der Waals surface area contributed by atoms with Crippen LogP contribution in [0.3, 0.4) is 0 Å². The number of benzene rings is 2. The minimum atomic E-state index is -0.434. The lowest BCUT2D eigenvalue weighted by atomic mass is 10.0. The van der Waals surface area contributed by atoms with Gasteiger partial charge in [0.15, 0.2) is 0 Å². The minimum Gasteiger partial charge on any atom is -0.459 e. The molecule has 2 aromatic carbocycles. The third kappa shape index (κ3) is 2.42. The first-order valence-corrected chi connectivity index (χ1v) is 6.70. The lowest BCUT2D eigenvalue weighted by molar-refractivity contribution is 0.487. The smallest absolute Gasteiger partial charge is 0.134 e. The summed E-state index contributed by atoms with van der Waals surface area (Å²) in [6, 6.07) is 13.7. The van der Waals surface area contributed by atoms with Crippen LogP contribution in [0.1, 0.15) is 17.4 Å². The van der Waals surface area contributed by atoms with Gasteiger partial charge >= 0.3 is 0 Å². The maximum Gasteiger partial charge on any atom is 0.134 e. The van der Waals surface area contributed by atoms with Gasteiger partial charge in [0.25, 0.3) is 0 Å². The van der Waals surface area contributed by atoms with Crippen LogP contribution in [-0.4, -0.2) is 0 Å². The molecule has 1 atom stereocenters. The molecule has 4 heteroatoms. The van der Waals surface area contributed by atoms with E-state index < -0.39 is 6.04 Å². The van der Waals surface area contributed by atoms with Crippen LogP contribution in [0.25, 0.3) is 11.0 Å². The largest absolute Gasteiger partial charge is 0.459 e. The highest BCUT2D eigenvalue weighted by molar-refractivity contribution is 6.31. The molecule has 1 heterocycles. The molecule has 1 aromatic heterocycles. The number of fused-ring (bicyclic) bond motifs is 1. The fourth-order valence-electron chi connectivity index (χ4n) is 2.23. The van der Waals surface area contributed by atoms with E-state index in [0.717, 1.165) is 11.0 Å². The molecule has 0 radical (unpaired) electrons. The van der Waals surface area contributed by atoms with Gasteiger partial charge in [-0.25, -0.2) is 4.39 Å². The van der Waals surface area contributed by atoms with Gasteiger partial charge in [-0.05, 0) is 30.7 Å². The van der Waals surface area contributed by atoms with Gasteiger partial charge in [0, 0.05) is 16.0 Å². The lowest BCUT2D eigenvalue weighted by Crippen LogP contribution is -2.13. The number of nitrogens with two attached hydrogens (primary N) is 1. The second-order valence-electron chi connectivity index (χ2n) is 4.70. The summed E-state index contributed by atoms with van der Waals surface area (Å²) in [7, 11) is 0. The van der Waals surface area contributed by atoms with Crippen molar-refractivity contribution in [1.29, 1.82) is 0 Å².